The Hall–Kier alpha value is -2.28. The van der Waals surface area contributed by atoms with Crippen LogP contribution in [0.15, 0.2) is 30.5 Å². The number of nitro groups is 1. The third-order valence-corrected chi connectivity index (χ3v) is 3.34. The van der Waals surface area contributed by atoms with Crippen LogP contribution < -0.4 is 4.74 Å². The Bertz CT molecular complexity index is 624. The Morgan fingerprint density at radius 2 is 2.26 bits per heavy atom. The average molecular weight is 278 g/mol. The molecule has 0 fully saturated rings. The van der Waals surface area contributed by atoms with Gasteiger partial charge in [-0.15, -0.1) is 11.3 Å². The van der Waals surface area contributed by atoms with Crippen LogP contribution in [-0.2, 0) is 0 Å². The molecule has 0 aliphatic rings. The largest absolute Gasteiger partial charge is 0.477 e. The molecule has 0 radical (unpaired) electrons. The fraction of sp³-hybridized carbons (Fsp3) is 0.167. The van der Waals surface area contributed by atoms with E-state index in [-0.39, 0.29) is 18.1 Å². The number of hydrogen-bond acceptors (Lipinski definition) is 6. The lowest BCUT2D eigenvalue weighted by molar-refractivity contribution is -0.390. The molecule has 0 aromatic carbocycles. The molecule has 0 unspecified atom stereocenters. The van der Waals surface area contributed by atoms with Crippen molar-refractivity contribution in [3.05, 3.63) is 50.3 Å². The highest BCUT2D eigenvalue weighted by Crippen LogP contribution is 2.23. The van der Waals surface area contributed by atoms with Crippen LogP contribution >= 0.6 is 11.3 Å². The van der Waals surface area contributed by atoms with Crippen molar-refractivity contribution in [1.82, 2.24) is 4.98 Å². The summed E-state index contributed by atoms with van der Waals surface area (Å²) in [6.07, 6.45) is 1.30. The number of carbonyl (C=O) groups is 1. The molecule has 0 atom stereocenters. The first-order valence-corrected chi connectivity index (χ1v) is 6.21. The predicted molar refractivity (Wildman–Crippen MR) is 69.8 cm³/mol. The molecule has 0 saturated heterocycles. The number of pyridine rings is 1. The van der Waals surface area contributed by atoms with Crippen LogP contribution in [0.1, 0.15) is 14.5 Å². The SMILES string of the molecule is Cc1ccc(C(=O)COc2cccnc2[N+](=O)[O-])s1. The zero-order valence-corrected chi connectivity index (χ0v) is 10.8. The number of rotatable bonds is 5. The molecule has 0 N–H and O–H groups in total. The normalized spacial score (nSPS) is 10.2. The van der Waals surface area contributed by atoms with Gasteiger partial charge in [-0.3, -0.25) is 4.79 Å². The molecule has 2 rings (SSSR count). The summed E-state index contributed by atoms with van der Waals surface area (Å²) in [6.45, 7) is 1.65. The Morgan fingerprint density at radius 1 is 1.47 bits per heavy atom. The molecule has 0 bridgehead atoms. The molecule has 0 aliphatic carbocycles. The van der Waals surface area contributed by atoms with Crippen LogP contribution in [0.4, 0.5) is 5.82 Å². The van der Waals surface area contributed by atoms with Gasteiger partial charge in [-0.1, -0.05) is 0 Å². The lowest BCUT2D eigenvalue weighted by Crippen LogP contribution is -2.11. The van der Waals surface area contributed by atoms with Crippen molar-refractivity contribution in [2.45, 2.75) is 6.92 Å². The number of aromatic nitrogens is 1. The van der Waals surface area contributed by atoms with E-state index < -0.39 is 10.7 Å². The van der Waals surface area contributed by atoms with Gasteiger partial charge in [0.2, 0.25) is 11.5 Å². The van der Waals surface area contributed by atoms with Gasteiger partial charge in [0.1, 0.15) is 6.20 Å². The first-order valence-electron chi connectivity index (χ1n) is 5.40. The molecular weight excluding hydrogens is 268 g/mol. The number of carbonyl (C=O) groups excluding carboxylic acids is 1. The van der Waals surface area contributed by atoms with E-state index >= 15 is 0 Å². The number of Topliss-reactive ketones (excluding diaryl/α,β-unsaturated/α-hetero) is 1. The van der Waals surface area contributed by atoms with Crippen LogP contribution in [0.3, 0.4) is 0 Å². The fourth-order valence-corrected chi connectivity index (χ4v) is 2.22. The molecular formula is C12H10N2O4S. The van der Waals surface area contributed by atoms with Crippen LogP contribution in [0.2, 0.25) is 0 Å². The van der Waals surface area contributed by atoms with Crippen molar-refractivity contribution >= 4 is 22.9 Å². The molecule has 0 amide bonds. The maximum absolute atomic E-state index is 11.8. The minimum absolute atomic E-state index is 0.00544. The van der Waals surface area contributed by atoms with Crippen molar-refractivity contribution in [2.75, 3.05) is 6.61 Å². The van der Waals surface area contributed by atoms with Crippen LogP contribution in [0.25, 0.3) is 0 Å². The van der Waals surface area contributed by atoms with Gasteiger partial charge in [-0.05, 0) is 41.1 Å². The van der Waals surface area contributed by atoms with E-state index in [0.29, 0.717) is 4.88 Å². The summed E-state index contributed by atoms with van der Waals surface area (Å²) in [4.78, 5) is 27.1. The highest BCUT2D eigenvalue weighted by molar-refractivity contribution is 7.14. The van der Waals surface area contributed by atoms with Crippen LogP contribution in [0.5, 0.6) is 5.75 Å². The third kappa shape index (κ3) is 3.14. The second kappa shape index (κ2) is 5.57. The topological polar surface area (TPSA) is 82.3 Å². The monoisotopic (exact) mass is 278 g/mol. The summed E-state index contributed by atoms with van der Waals surface area (Å²) in [5, 5.41) is 10.7. The maximum atomic E-state index is 11.8. The van der Waals surface area contributed by atoms with Crippen molar-refractivity contribution in [1.29, 1.82) is 0 Å². The zero-order chi connectivity index (χ0) is 13.8. The molecule has 2 heterocycles. The van der Waals surface area contributed by atoms with E-state index in [1.54, 1.807) is 6.07 Å². The van der Waals surface area contributed by atoms with Crippen LogP contribution in [0, 0.1) is 17.0 Å². The molecule has 2 aromatic rings. The van der Waals surface area contributed by atoms with E-state index in [1.165, 1.54) is 29.7 Å². The van der Waals surface area contributed by atoms with Gasteiger partial charge in [0.15, 0.2) is 6.61 Å². The van der Waals surface area contributed by atoms with Crippen molar-refractivity contribution in [3.63, 3.8) is 0 Å². The fourth-order valence-electron chi connectivity index (χ4n) is 1.43. The van der Waals surface area contributed by atoms with E-state index in [4.69, 9.17) is 4.74 Å². The number of nitrogens with zero attached hydrogens (tertiary/aromatic N) is 2. The smallest absolute Gasteiger partial charge is 0.406 e. The zero-order valence-electron chi connectivity index (χ0n) is 10.0. The van der Waals surface area contributed by atoms with Crippen molar-refractivity contribution < 1.29 is 14.5 Å². The molecule has 2 aromatic heterocycles. The average Bonchev–Trinajstić information content (AvgIpc) is 2.83. The summed E-state index contributed by atoms with van der Waals surface area (Å²) in [5.74, 6) is -0.608. The molecule has 0 saturated carbocycles. The first-order chi connectivity index (χ1) is 9.08. The number of aryl methyl sites for hydroxylation is 1. The lowest BCUT2D eigenvalue weighted by atomic mass is 10.3. The Balaban J connectivity index is 2.07. The van der Waals surface area contributed by atoms with Gasteiger partial charge in [0.25, 0.3) is 0 Å². The van der Waals surface area contributed by atoms with E-state index in [2.05, 4.69) is 4.98 Å². The maximum Gasteiger partial charge on any atom is 0.406 e. The van der Waals surface area contributed by atoms with Gasteiger partial charge < -0.3 is 14.9 Å². The summed E-state index contributed by atoms with van der Waals surface area (Å²) >= 11 is 1.36. The molecule has 6 nitrogen and oxygen atoms in total. The Kier molecular flexibility index (Phi) is 3.86. The van der Waals surface area contributed by atoms with E-state index in [1.807, 2.05) is 13.0 Å². The number of thiophene rings is 1. The highest BCUT2D eigenvalue weighted by atomic mass is 32.1. The quantitative estimate of drug-likeness (QED) is 0.477. The Labute approximate surface area is 112 Å². The number of ketones is 1. The van der Waals surface area contributed by atoms with Crippen LogP contribution in [-0.4, -0.2) is 22.3 Å². The van der Waals surface area contributed by atoms with Gasteiger partial charge in [0, 0.05) is 4.88 Å². The van der Waals surface area contributed by atoms with E-state index in [9.17, 15) is 14.9 Å². The van der Waals surface area contributed by atoms with Gasteiger partial charge >= 0.3 is 5.82 Å². The van der Waals surface area contributed by atoms with Gasteiger partial charge in [-0.25, -0.2) is 0 Å². The minimum Gasteiger partial charge on any atom is -0.477 e. The summed E-state index contributed by atoms with van der Waals surface area (Å²) in [6, 6.07) is 6.48. The van der Waals surface area contributed by atoms with Gasteiger partial charge in [0.05, 0.1) is 4.88 Å². The number of hydrogen-bond donors (Lipinski definition) is 0. The minimum atomic E-state index is -0.644. The van der Waals surface area contributed by atoms with Crippen molar-refractivity contribution in [2.24, 2.45) is 0 Å². The van der Waals surface area contributed by atoms with Crippen molar-refractivity contribution in [3.8, 4) is 5.75 Å². The first kappa shape index (κ1) is 13.2. The van der Waals surface area contributed by atoms with Gasteiger partial charge in [-0.2, -0.15) is 0 Å². The second-order valence-electron chi connectivity index (χ2n) is 3.70. The predicted octanol–water partition coefficient (Wildman–Crippen LogP) is 2.62. The van der Waals surface area contributed by atoms with E-state index in [0.717, 1.165) is 4.88 Å². The lowest BCUT2D eigenvalue weighted by Gasteiger charge is -2.04. The second-order valence-corrected chi connectivity index (χ2v) is 4.99. The Morgan fingerprint density at radius 3 is 2.89 bits per heavy atom. The third-order valence-electron chi connectivity index (χ3n) is 2.30. The molecule has 0 spiro atoms. The molecule has 7 heteroatoms. The standard InChI is InChI=1S/C12H10N2O4S/c1-8-4-5-11(19-8)9(15)7-18-10-3-2-6-13-12(10)14(16)17/h2-6H,7H2,1H3. The summed E-state index contributed by atoms with van der Waals surface area (Å²) in [7, 11) is 0. The highest BCUT2D eigenvalue weighted by Gasteiger charge is 2.17. The summed E-state index contributed by atoms with van der Waals surface area (Å²) < 4.78 is 5.18. The number of ether oxygens (including phenoxy) is 1. The molecule has 19 heavy (non-hydrogen) atoms. The molecule has 98 valence electrons. The molecule has 0 aliphatic heterocycles. The summed E-state index contributed by atoms with van der Waals surface area (Å²) in [5.41, 5.74) is 0.